The number of thiol groups is 1. The van der Waals surface area contributed by atoms with Crippen LogP contribution in [0.5, 0.6) is 0 Å². The maximum atomic E-state index is 11.1. The van der Waals surface area contributed by atoms with Crippen LogP contribution in [0.4, 0.5) is 0 Å². The van der Waals surface area contributed by atoms with E-state index in [1.165, 1.54) is 0 Å². The summed E-state index contributed by atoms with van der Waals surface area (Å²) in [6, 6.07) is 0. The number of carbonyl (C=O) groups is 1. The predicted molar refractivity (Wildman–Crippen MR) is 113 cm³/mol. The first-order chi connectivity index (χ1) is 12.9. The molecule has 0 radical (unpaired) electrons. The minimum atomic E-state index is -0.517. The highest BCUT2D eigenvalue weighted by Crippen LogP contribution is 2.50. The van der Waals surface area contributed by atoms with E-state index in [2.05, 4.69) is 31.4 Å². The van der Waals surface area contributed by atoms with Crippen LogP contribution in [0.25, 0.3) is 0 Å². The van der Waals surface area contributed by atoms with Gasteiger partial charge in [0, 0.05) is 30.4 Å². The highest BCUT2D eigenvalue weighted by atomic mass is 32.1. The first-order valence-electron chi connectivity index (χ1n) is 10.2. The molecule has 5 atom stereocenters. The molecule has 1 heterocycles. The lowest BCUT2D eigenvalue weighted by molar-refractivity contribution is -0.110. The van der Waals surface area contributed by atoms with E-state index in [9.17, 15) is 15.0 Å². The van der Waals surface area contributed by atoms with E-state index in [0.717, 1.165) is 50.7 Å². The Morgan fingerprint density at radius 1 is 1.44 bits per heavy atom. The number of aliphatic hydroxyl groups is 2. The second kappa shape index (κ2) is 10.5. The third-order valence-electron chi connectivity index (χ3n) is 5.71. The van der Waals surface area contributed by atoms with Gasteiger partial charge < -0.3 is 10.2 Å². The summed E-state index contributed by atoms with van der Waals surface area (Å²) in [4.78, 5) is 16.0. The van der Waals surface area contributed by atoms with Crippen molar-refractivity contribution >= 4 is 23.5 Å². The van der Waals surface area contributed by atoms with Crippen molar-refractivity contribution in [3.05, 3.63) is 12.2 Å². The SMILES string of the molecule is CC#CC12CC(O)C(/C=C/C(O)CCCCC)C1CC(CCCC(=O)S)=N2. The van der Waals surface area contributed by atoms with Gasteiger partial charge in [0.05, 0.1) is 12.2 Å². The van der Waals surface area contributed by atoms with Gasteiger partial charge in [0.1, 0.15) is 5.54 Å². The molecule has 0 aromatic rings. The molecule has 0 bridgehead atoms. The molecule has 1 aliphatic carbocycles. The van der Waals surface area contributed by atoms with Gasteiger partial charge in [-0.2, -0.15) is 0 Å². The van der Waals surface area contributed by atoms with Crippen LogP contribution in [0.15, 0.2) is 17.1 Å². The van der Waals surface area contributed by atoms with E-state index in [4.69, 9.17) is 4.99 Å². The van der Waals surface area contributed by atoms with Crippen molar-refractivity contribution in [1.82, 2.24) is 0 Å². The lowest BCUT2D eigenvalue weighted by Crippen LogP contribution is -2.27. The first kappa shape index (κ1) is 22.2. The van der Waals surface area contributed by atoms with Crippen molar-refractivity contribution < 1.29 is 15.0 Å². The van der Waals surface area contributed by atoms with E-state index < -0.39 is 17.7 Å². The smallest absolute Gasteiger partial charge is 0.185 e. The van der Waals surface area contributed by atoms with E-state index in [-0.39, 0.29) is 17.0 Å². The van der Waals surface area contributed by atoms with Crippen LogP contribution in [0, 0.1) is 23.7 Å². The monoisotopic (exact) mass is 391 g/mol. The molecule has 2 aliphatic rings. The summed E-state index contributed by atoms with van der Waals surface area (Å²) >= 11 is 3.83. The molecule has 4 nitrogen and oxygen atoms in total. The van der Waals surface area contributed by atoms with Crippen LogP contribution in [0.1, 0.15) is 71.6 Å². The third kappa shape index (κ3) is 5.94. The van der Waals surface area contributed by atoms with Crippen LogP contribution in [0.2, 0.25) is 0 Å². The maximum absolute atomic E-state index is 11.1. The molecular formula is C22H33NO3S. The molecule has 0 aromatic carbocycles. The predicted octanol–water partition coefficient (Wildman–Crippen LogP) is 3.71. The van der Waals surface area contributed by atoms with Crippen LogP contribution >= 0.6 is 12.6 Å². The molecule has 1 aliphatic heterocycles. The minimum Gasteiger partial charge on any atom is -0.392 e. The Labute approximate surface area is 169 Å². The molecule has 5 unspecified atom stereocenters. The third-order valence-corrected chi connectivity index (χ3v) is 5.94. The lowest BCUT2D eigenvalue weighted by Gasteiger charge is -2.22. The Balaban J connectivity index is 2.05. The van der Waals surface area contributed by atoms with Crippen molar-refractivity contribution in [3.63, 3.8) is 0 Å². The number of hydrogen-bond acceptors (Lipinski definition) is 4. The van der Waals surface area contributed by atoms with Crippen LogP contribution in [-0.4, -0.2) is 38.8 Å². The van der Waals surface area contributed by atoms with Gasteiger partial charge in [0.15, 0.2) is 5.12 Å². The summed E-state index contributed by atoms with van der Waals surface area (Å²) in [5.41, 5.74) is 0.572. The van der Waals surface area contributed by atoms with E-state index in [1.807, 2.05) is 19.1 Å². The van der Waals surface area contributed by atoms with Crippen molar-refractivity contribution in [2.24, 2.45) is 16.8 Å². The van der Waals surface area contributed by atoms with Crippen molar-refractivity contribution in [1.29, 1.82) is 0 Å². The van der Waals surface area contributed by atoms with Gasteiger partial charge >= 0.3 is 0 Å². The van der Waals surface area contributed by atoms with E-state index in [0.29, 0.717) is 12.8 Å². The molecule has 1 fully saturated rings. The van der Waals surface area contributed by atoms with Crippen LogP contribution in [-0.2, 0) is 4.79 Å². The second-order valence-electron chi connectivity index (χ2n) is 7.83. The summed E-state index contributed by atoms with van der Waals surface area (Å²) in [6.07, 6.45) is 10.2. The summed E-state index contributed by atoms with van der Waals surface area (Å²) in [5, 5.41) is 20.7. The Kier molecular flexibility index (Phi) is 8.60. The second-order valence-corrected chi connectivity index (χ2v) is 8.33. The molecule has 1 saturated carbocycles. The molecule has 150 valence electrons. The molecule has 0 saturated heterocycles. The Hall–Kier alpha value is -1.09. The Bertz CT molecular complexity index is 633. The zero-order valence-corrected chi connectivity index (χ0v) is 17.4. The topological polar surface area (TPSA) is 69.9 Å². The molecule has 0 aromatic heterocycles. The number of carbonyl (C=O) groups excluding carboxylic acids is 1. The van der Waals surface area contributed by atoms with Gasteiger partial charge in [-0.05, 0) is 32.6 Å². The summed E-state index contributed by atoms with van der Waals surface area (Å²) in [6.45, 7) is 3.96. The highest BCUT2D eigenvalue weighted by molar-refractivity contribution is 7.96. The van der Waals surface area contributed by atoms with E-state index in [1.54, 1.807) is 0 Å². The summed E-state index contributed by atoms with van der Waals surface area (Å²) in [5.74, 6) is 6.36. The number of fused-ring (bicyclic) bond motifs is 1. The van der Waals surface area contributed by atoms with Crippen molar-refractivity contribution in [2.45, 2.75) is 89.4 Å². The number of unbranched alkanes of at least 4 members (excludes halogenated alkanes) is 2. The fourth-order valence-electron chi connectivity index (χ4n) is 4.42. The molecule has 0 spiro atoms. The molecular weight excluding hydrogens is 358 g/mol. The van der Waals surface area contributed by atoms with Crippen molar-refractivity contribution in [3.8, 4) is 11.8 Å². The standard InChI is InChI=1S/C22H33NO3S/c1-3-5-6-9-17(24)11-12-18-19-14-16(8-7-10-21(26)27)23-22(19,13-4-2)15-20(18)25/h11-12,17-20,24-25H,3,5-10,14-15H2,1-2H3,(H,26,27)/b12-11+. The number of aliphatic imine (C=N–C) groups is 1. The lowest BCUT2D eigenvalue weighted by atomic mass is 9.82. The fourth-order valence-corrected chi connectivity index (χ4v) is 4.57. The normalized spacial score (nSPS) is 30.7. The zero-order valence-electron chi connectivity index (χ0n) is 16.5. The molecule has 5 heteroatoms. The van der Waals surface area contributed by atoms with Gasteiger partial charge in [-0.3, -0.25) is 9.79 Å². The maximum Gasteiger partial charge on any atom is 0.185 e. The minimum absolute atomic E-state index is 0.0422. The van der Waals surface area contributed by atoms with Crippen LogP contribution < -0.4 is 0 Å². The Morgan fingerprint density at radius 3 is 2.89 bits per heavy atom. The molecule has 27 heavy (non-hydrogen) atoms. The highest BCUT2D eigenvalue weighted by Gasteiger charge is 2.54. The Morgan fingerprint density at radius 2 is 2.22 bits per heavy atom. The largest absolute Gasteiger partial charge is 0.392 e. The number of nitrogens with zero attached hydrogens (tertiary/aromatic N) is 1. The fraction of sp³-hybridized carbons (Fsp3) is 0.727. The van der Waals surface area contributed by atoms with E-state index >= 15 is 0 Å². The summed E-state index contributed by atoms with van der Waals surface area (Å²) in [7, 11) is 0. The zero-order chi connectivity index (χ0) is 19.9. The van der Waals surface area contributed by atoms with Gasteiger partial charge in [0.25, 0.3) is 0 Å². The van der Waals surface area contributed by atoms with Crippen molar-refractivity contribution in [2.75, 3.05) is 0 Å². The number of hydrogen-bond donors (Lipinski definition) is 3. The average molecular weight is 392 g/mol. The molecule has 2 rings (SSSR count). The summed E-state index contributed by atoms with van der Waals surface area (Å²) < 4.78 is 0. The number of aliphatic hydroxyl groups excluding tert-OH is 2. The average Bonchev–Trinajstić information content (AvgIpc) is 3.04. The van der Waals surface area contributed by atoms with Gasteiger partial charge in [0.2, 0.25) is 0 Å². The van der Waals surface area contributed by atoms with Gasteiger partial charge in [-0.15, -0.1) is 18.5 Å². The van der Waals surface area contributed by atoms with Gasteiger partial charge in [-0.25, -0.2) is 0 Å². The van der Waals surface area contributed by atoms with Gasteiger partial charge in [-0.1, -0.05) is 44.3 Å². The molecule has 2 N–H and O–H groups in total. The molecule has 0 amide bonds. The van der Waals surface area contributed by atoms with Crippen LogP contribution in [0.3, 0.4) is 0 Å². The first-order valence-corrected chi connectivity index (χ1v) is 10.6. The number of rotatable bonds is 10. The quantitative estimate of drug-likeness (QED) is 0.230.